The number of unbranched alkanes of at least 4 members (excludes halogenated alkanes) is 5. The van der Waals surface area contributed by atoms with Crippen molar-refractivity contribution in [2.24, 2.45) is 10.2 Å². The number of carbonyl (C=O) groups is 4. The Morgan fingerprint density at radius 1 is 0.520 bits per heavy atom. The van der Waals surface area contributed by atoms with E-state index in [1.165, 1.54) is 12.4 Å². The van der Waals surface area contributed by atoms with Crippen LogP contribution in [-0.2, 0) is 9.59 Å². The van der Waals surface area contributed by atoms with Gasteiger partial charge in [-0.25, -0.2) is 20.4 Å². The first-order valence-electron chi connectivity index (χ1n) is 16.1. The van der Waals surface area contributed by atoms with Crippen LogP contribution in [0.25, 0.3) is 0 Å². The molecule has 0 unspecified atom stereocenters. The van der Waals surface area contributed by atoms with Crippen LogP contribution >= 0.6 is 31.9 Å². The molecule has 10 nitrogen and oxygen atoms in total. The van der Waals surface area contributed by atoms with Crippen molar-refractivity contribution in [1.82, 2.24) is 10.9 Å². The number of amides is 2. The Balaban J connectivity index is 1.00. The maximum Gasteiger partial charge on any atom is 0.344 e. The van der Waals surface area contributed by atoms with E-state index in [1.54, 1.807) is 84.9 Å². The van der Waals surface area contributed by atoms with Gasteiger partial charge in [0.25, 0.3) is 0 Å². The molecule has 4 aromatic rings. The van der Waals surface area contributed by atoms with Gasteiger partial charge in [0.2, 0.25) is 11.8 Å². The maximum absolute atomic E-state index is 12.3. The third-order valence-electron chi connectivity index (χ3n) is 7.23. The molecule has 0 aliphatic heterocycles. The van der Waals surface area contributed by atoms with Gasteiger partial charge in [-0.2, -0.15) is 10.2 Å². The summed E-state index contributed by atoms with van der Waals surface area (Å²) in [7, 11) is 0. The molecule has 0 atom stereocenters. The first kappa shape index (κ1) is 37.9. The molecule has 258 valence electrons. The van der Waals surface area contributed by atoms with Crippen molar-refractivity contribution in [3.8, 4) is 11.5 Å². The lowest BCUT2D eigenvalue weighted by Crippen LogP contribution is -2.17. The number of nitrogens with zero attached hydrogens (tertiary/aromatic N) is 2. The molecule has 0 saturated carbocycles. The summed E-state index contributed by atoms with van der Waals surface area (Å²) >= 11 is 6.69. The fraction of sp³-hybridized carbons (Fsp3) is 0.211. The van der Waals surface area contributed by atoms with Gasteiger partial charge >= 0.3 is 11.9 Å². The monoisotopic (exact) mass is 802 g/mol. The Morgan fingerprint density at radius 2 is 0.880 bits per heavy atom. The zero-order chi connectivity index (χ0) is 35.6. The highest BCUT2D eigenvalue weighted by atomic mass is 79.9. The number of benzene rings is 4. The zero-order valence-corrected chi connectivity index (χ0v) is 30.3. The van der Waals surface area contributed by atoms with Gasteiger partial charge in [-0.15, -0.1) is 0 Å². The van der Waals surface area contributed by atoms with Crippen LogP contribution in [0.4, 0.5) is 0 Å². The standard InChI is InChI=1S/C38H36Br2N4O6/c39-33-13-9-7-11-31(33)37(47)49-29-21-17-27(18-22-29)25-41-43-35(45)15-5-3-1-2-4-6-16-36(46)44-42-26-28-19-23-30(24-20-28)50-38(48)32-12-8-10-14-34(32)40/h7-14,17-26H,1-6,15-16H2,(H,43,45)(H,44,46). The molecule has 0 saturated heterocycles. The molecule has 2 amide bonds. The predicted octanol–water partition coefficient (Wildman–Crippen LogP) is 8.37. The van der Waals surface area contributed by atoms with Gasteiger partial charge in [-0.3, -0.25) is 9.59 Å². The topological polar surface area (TPSA) is 136 Å². The van der Waals surface area contributed by atoms with E-state index in [9.17, 15) is 19.2 Å². The first-order valence-corrected chi connectivity index (χ1v) is 17.6. The lowest BCUT2D eigenvalue weighted by atomic mass is 10.1. The molecule has 4 rings (SSSR count). The minimum atomic E-state index is -0.461. The van der Waals surface area contributed by atoms with Gasteiger partial charge in [-0.05, 0) is 129 Å². The second-order valence-corrected chi connectivity index (χ2v) is 12.8. The molecule has 0 aliphatic rings. The van der Waals surface area contributed by atoms with Crippen molar-refractivity contribution < 1.29 is 28.7 Å². The maximum atomic E-state index is 12.3. The first-order chi connectivity index (χ1) is 24.3. The molecule has 0 bridgehead atoms. The number of rotatable bonds is 17. The van der Waals surface area contributed by atoms with Crippen LogP contribution in [0.15, 0.2) is 116 Å². The van der Waals surface area contributed by atoms with Crippen molar-refractivity contribution >= 4 is 68.0 Å². The average Bonchev–Trinajstić information content (AvgIpc) is 3.11. The Labute approximate surface area is 307 Å². The largest absolute Gasteiger partial charge is 0.423 e. The fourth-order valence-electron chi connectivity index (χ4n) is 4.57. The predicted molar refractivity (Wildman–Crippen MR) is 199 cm³/mol. The van der Waals surface area contributed by atoms with Crippen LogP contribution in [0.3, 0.4) is 0 Å². The number of esters is 2. The minimum Gasteiger partial charge on any atom is -0.423 e. The molecule has 0 spiro atoms. The molecule has 0 radical (unpaired) electrons. The van der Waals surface area contributed by atoms with Crippen LogP contribution in [0.5, 0.6) is 11.5 Å². The van der Waals surface area contributed by atoms with Crippen molar-refractivity contribution in [3.63, 3.8) is 0 Å². The molecule has 0 heterocycles. The SMILES string of the molecule is O=C(CCCCCCCCC(=O)NN=Cc1ccc(OC(=O)c2ccccc2Br)cc1)NN=Cc1ccc(OC(=O)c2ccccc2Br)cc1. The quantitative estimate of drug-likeness (QED) is 0.0362. The molecule has 0 fully saturated rings. The van der Waals surface area contributed by atoms with Gasteiger partial charge in [0.05, 0.1) is 23.6 Å². The lowest BCUT2D eigenvalue weighted by Gasteiger charge is -2.06. The van der Waals surface area contributed by atoms with Gasteiger partial charge in [0.15, 0.2) is 0 Å². The Hall–Kier alpha value is -4.94. The Bertz CT molecular complexity index is 1680. The van der Waals surface area contributed by atoms with Crippen LogP contribution < -0.4 is 20.3 Å². The smallest absolute Gasteiger partial charge is 0.344 e. The number of halogens is 2. The van der Waals surface area contributed by atoms with Gasteiger partial charge < -0.3 is 9.47 Å². The van der Waals surface area contributed by atoms with Crippen molar-refractivity contribution in [2.45, 2.75) is 51.4 Å². The van der Waals surface area contributed by atoms with Crippen LogP contribution in [0, 0.1) is 0 Å². The number of hydrazone groups is 2. The summed E-state index contributed by atoms with van der Waals surface area (Å²) in [6.07, 6.45) is 9.09. The van der Waals surface area contributed by atoms with E-state index < -0.39 is 11.9 Å². The van der Waals surface area contributed by atoms with Crippen LogP contribution in [0.2, 0.25) is 0 Å². The van der Waals surface area contributed by atoms with E-state index in [4.69, 9.17) is 9.47 Å². The summed E-state index contributed by atoms with van der Waals surface area (Å²) in [5.41, 5.74) is 7.44. The lowest BCUT2D eigenvalue weighted by molar-refractivity contribution is -0.122. The summed E-state index contributed by atoms with van der Waals surface area (Å²) in [6, 6.07) is 27.7. The number of carbonyl (C=O) groups excluding carboxylic acids is 4. The summed E-state index contributed by atoms with van der Waals surface area (Å²) in [6.45, 7) is 0. The molecule has 2 N–H and O–H groups in total. The normalized spacial score (nSPS) is 11.0. The highest BCUT2D eigenvalue weighted by molar-refractivity contribution is 9.10. The highest BCUT2D eigenvalue weighted by Gasteiger charge is 2.13. The average molecular weight is 805 g/mol. The summed E-state index contributed by atoms with van der Waals surface area (Å²) < 4.78 is 12.1. The molecule has 0 aliphatic carbocycles. The third kappa shape index (κ3) is 13.2. The van der Waals surface area contributed by atoms with Crippen molar-refractivity contribution in [1.29, 1.82) is 0 Å². The molecule has 12 heteroatoms. The Kier molecular flexibility index (Phi) is 15.6. The minimum absolute atomic E-state index is 0.159. The summed E-state index contributed by atoms with van der Waals surface area (Å²) in [5.74, 6) is -0.435. The molecular formula is C38H36Br2N4O6. The highest BCUT2D eigenvalue weighted by Crippen LogP contribution is 2.21. The van der Waals surface area contributed by atoms with Gasteiger partial charge in [0.1, 0.15) is 11.5 Å². The van der Waals surface area contributed by atoms with Crippen LogP contribution in [-0.4, -0.2) is 36.2 Å². The van der Waals surface area contributed by atoms with Crippen LogP contribution in [0.1, 0.15) is 83.2 Å². The van der Waals surface area contributed by atoms with E-state index in [0.717, 1.165) is 49.7 Å². The summed E-state index contributed by atoms with van der Waals surface area (Å²) in [5, 5.41) is 8.01. The number of ether oxygens (including phenoxy) is 2. The second-order valence-electron chi connectivity index (χ2n) is 11.1. The fourth-order valence-corrected chi connectivity index (χ4v) is 5.46. The molecule has 0 aromatic heterocycles. The van der Waals surface area contributed by atoms with Crippen molar-refractivity contribution in [3.05, 3.63) is 128 Å². The van der Waals surface area contributed by atoms with Gasteiger partial charge in [-0.1, -0.05) is 49.9 Å². The number of nitrogens with one attached hydrogen (secondary N) is 2. The van der Waals surface area contributed by atoms with E-state index in [2.05, 4.69) is 52.9 Å². The molecule has 4 aromatic carbocycles. The van der Waals surface area contributed by atoms with Gasteiger partial charge in [0, 0.05) is 21.8 Å². The number of hydrogen-bond donors (Lipinski definition) is 2. The molecular weight excluding hydrogens is 768 g/mol. The Morgan fingerprint density at radius 3 is 1.26 bits per heavy atom. The second kappa shape index (κ2) is 20.5. The zero-order valence-electron chi connectivity index (χ0n) is 27.1. The number of hydrogen-bond acceptors (Lipinski definition) is 8. The summed E-state index contributed by atoms with van der Waals surface area (Å²) in [4.78, 5) is 48.9. The van der Waals surface area contributed by atoms with E-state index in [1.807, 2.05) is 12.1 Å². The van der Waals surface area contributed by atoms with E-state index >= 15 is 0 Å². The molecule has 50 heavy (non-hydrogen) atoms. The van der Waals surface area contributed by atoms with E-state index in [0.29, 0.717) is 44.4 Å². The third-order valence-corrected chi connectivity index (χ3v) is 8.62. The van der Waals surface area contributed by atoms with Crippen molar-refractivity contribution in [2.75, 3.05) is 0 Å². The van der Waals surface area contributed by atoms with E-state index in [-0.39, 0.29) is 11.8 Å².